The fourth-order valence-corrected chi connectivity index (χ4v) is 14.2. The Morgan fingerprint density at radius 1 is 0.863 bits per heavy atom. The van der Waals surface area contributed by atoms with Gasteiger partial charge in [0.1, 0.15) is 20.1 Å². The second kappa shape index (κ2) is 11.9. The minimum absolute atomic E-state index is 0.492. The molecule has 2 aliphatic heterocycles. The Bertz CT molecular complexity index is 2380. The summed E-state index contributed by atoms with van der Waals surface area (Å²) in [5.74, 6) is 2.12. The van der Waals surface area contributed by atoms with Crippen molar-refractivity contribution in [3.8, 4) is 0 Å². The summed E-state index contributed by atoms with van der Waals surface area (Å²) in [4.78, 5) is 4.26. The van der Waals surface area contributed by atoms with Crippen molar-refractivity contribution >= 4 is 59.6 Å². The molecule has 0 spiro atoms. The number of hydrogen-bond acceptors (Lipinski definition) is 3. The number of anilines is 1. The van der Waals surface area contributed by atoms with Crippen LogP contribution in [0.25, 0.3) is 28.2 Å². The third-order valence-electron chi connectivity index (χ3n) is 12.7. The van der Waals surface area contributed by atoms with Gasteiger partial charge in [0.05, 0.1) is 5.69 Å². The largest absolute Gasteiger partial charge is 0.456 e. The molecule has 0 amide bonds. The van der Waals surface area contributed by atoms with Crippen molar-refractivity contribution in [2.24, 2.45) is 5.92 Å². The van der Waals surface area contributed by atoms with E-state index in [4.69, 9.17) is 4.42 Å². The van der Waals surface area contributed by atoms with Gasteiger partial charge in [-0.05, 0) is 127 Å². The molecule has 0 N–H and O–H groups in total. The smallest absolute Gasteiger partial charge is 0.137 e. The van der Waals surface area contributed by atoms with Gasteiger partial charge in [0.2, 0.25) is 0 Å². The third kappa shape index (κ3) is 4.68. The van der Waals surface area contributed by atoms with E-state index in [1.807, 2.05) is 0 Å². The molecule has 3 atom stereocenters. The second-order valence-corrected chi connectivity index (χ2v) is 18.9. The summed E-state index contributed by atoms with van der Waals surface area (Å²) >= 11 is 2.11. The molecule has 0 fully saturated rings. The quantitative estimate of drug-likeness (QED) is 0.198. The normalized spacial score (nSPS) is 24.3. The molecule has 251 valence electrons. The Labute approximate surface area is 307 Å². The summed E-state index contributed by atoms with van der Waals surface area (Å²) < 4.78 is 6.53. The first-order valence-corrected chi connectivity index (χ1v) is 22.0. The number of thioether (sulfide) groups is 1. The third-order valence-corrected chi connectivity index (χ3v) is 16.7. The Hall–Kier alpha value is -4.25. The Morgan fingerprint density at radius 2 is 1.80 bits per heavy atom. The van der Waals surface area contributed by atoms with E-state index in [9.17, 15) is 0 Å². The van der Waals surface area contributed by atoms with Crippen molar-refractivity contribution in [3.05, 3.63) is 153 Å². The minimum atomic E-state index is -0.759. The molecule has 3 unspecified atom stereocenters. The van der Waals surface area contributed by atoms with E-state index in [0.717, 1.165) is 56.3 Å². The number of rotatable bonds is 4. The Balaban J connectivity index is 1.04. The minimum Gasteiger partial charge on any atom is -0.456 e. The van der Waals surface area contributed by atoms with Crippen LogP contribution >= 0.6 is 11.8 Å². The number of aryl methyl sites for hydroxylation is 2. The maximum atomic E-state index is 6.53. The molecule has 1 aromatic heterocycles. The van der Waals surface area contributed by atoms with Crippen molar-refractivity contribution in [1.29, 1.82) is 0 Å². The molecule has 0 bridgehead atoms. The molecular weight excluding hydrogens is 655 g/mol. The van der Waals surface area contributed by atoms with Gasteiger partial charge in [0.15, 0.2) is 0 Å². The van der Waals surface area contributed by atoms with E-state index in [0.29, 0.717) is 17.1 Å². The van der Waals surface area contributed by atoms with Crippen LogP contribution in [0.2, 0.25) is 6.55 Å². The topological polar surface area (TPSA) is 16.4 Å². The summed E-state index contributed by atoms with van der Waals surface area (Å²) in [6.45, 7) is 2.55. The van der Waals surface area contributed by atoms with Crippen LogP contribution in [0.15, 0.2) is 129 Å². The van der Waals surface area contributed by atoms with Crippen LogP contribution in [0.4, 0.5) is 5.69 Å². The first kappa shape index (κ1) is 30.4. The van der Waals surface area contributed by atoms with Crippen LogP contribution < -0.4 is 10.1 Å². The summed E-state index contributed by atoms with van der Waals surface area (Å²) in [7, 11) is -0.759. The summed E-state index contributed by atoms with van der Waals surface area (Å²) in [5.41, 5.74) is 15.9. The van der Waals surface area contributed by atoms with Crippen LogP contribution in [-0.2, 0) is 12.8 Å². The number of allylic oxidation sites excluding steroid dienone is 12. The molecule has 4 aromatic rings. The molecule has 7 aliphatic rings. The average Bonchev–Trinajstić information content (AvgIpc) is 3.85. The van der Waals surface area contributed by atoms with E-state index < -0.39 is 8.80 Å². The molecule has 4 heteroatoms. The highest BCUT2D eigenvalue weighted by Gasteiger charge is 2.40. The number of benzene rings is 3. The maximum Gasteiger partial charge on any atom is 0.137 e. The van der Waals surface area contributed by atoms with Crippen LogP contribution in [0.1, 0.15) is 84.4 Å². The summed E-state index contributed by atoms with van der Waals surface area (Å²) in [6.07, 6.45) is 31.6. The fourth-order valence-electron chi connectivity index (χ4n) is 10.2. The highest BCUT2D eigenvalue weighted by molar-refractivity contribution is 8.00. The predicted molar refractivity (Wildman–Crippen MR) is 217 cm³/mol. The van der Waals surface area contributed by atoms with Gasteiger partial charge in [-0.2, -0.15) is 0 Å². The van der Waals surface area contributed by atoms with Gasteiger partial charge in [-0.3, -0.25) is 0 Å². The first-order valence-electron chi connectivity index (χ1n) is 19.2. The molecule has 5 aliphatic carbocycles. The highest BCUT2D eigenvalue weighted by Crippen LogP contribution is 2.54. The van der Waals surface area contributed by atoms with Gasteiger partial charge in [-0.1, -0.05) is 96.7 Å². The zero-order chi connectivity index (χ0) is 33.6. The zero-order valence-corrected chi connectivity index (χ0v) is 31.1. The van der Waals surface area contributed by atoms with Crippen LogP contribution in [0, 0.1) is 5.92 Å². The highest BCUT2D eigenvalue weighted by atomic mass is 32.2. The van der Waals surface area contributed by atoms with Crippen molar-refractivity contribution in [3.63, 3.8) is 0 Å². The summed E-state index contributed by atoms with van der Waals surface area (Å²) in [5, 5.41) is 5.20. The molecule has 0 saturated carbocycles. The van der Waals surface area contributed by atoms with Crippen molar-refractivity contribution in [2.75, 3.05) is 4.90 Å². The molecule has 1 radical (unpaired) electrons. The summed E-state index contributed by atoms with van der Waals surface area (Å²) in [6, 6.07) is 20.9. The molecule has 3 aromatic carbocycles. The van der Waals surface area contributed by atoms with Gasteiger partial charge >= 0.3 is 0 Å². The first-order chi connectivity index (χ1) is 25.2. The molecule has 3 heterocycles. The van der Waals surface area contributed by atoms with Crippen LogP contribution in [0.5, 0.6) is 0 Å². The standard InChI is InChI=1S/C47H42NOSSi/c1-51-43-26-24-32(28-38(43)46-44(51)27-25-36-35-13-5-7-19-42(35)50-47(36)46)48(39-16-9-18-41-45(39)37-14-4-6-17-40(37)49-41)31-22-20-30(21-23-31)34-15-8-11-29-10-2-3-12-33(29)34/h2-3,5-7,9-10,12-13,15-19,22,25,27-28,30,35,42H,4,8,11,14,20-21,23-24,26H2,1H3. The van der Waals surface area contributed by atoms with Crippen molar-refractivity contribution < 1.29 is 4.42 Å². The Kier molecular flexibility index (Phi) is 7.09. The van der Waals surface area contributed by atoms with Gasteiger partial charge in [0.25, 0.3) is 0 Å². The van der Waals surface area contributed by atoms with Crippen molar-refractivity contribution in [1.82, 2.24) is 0 Å². The van der Waals surface area contributed by atoms with Gasteiger partial charge in [-0.15, -0.1) is 11.8 Å². The van der Waals surface area contributed by atoms with Crippen molar-refractivity contribution in [2.45, 2.75) is 80.4 Å². The lowest BCUT2D eigenvalue weighted by Crippen LogP contribution is -2.28. The van der Waals surface area contributed by atoms with E-state index in [2.05, 4.69) is 132 Å². The maximum absolute atomic E-state index is 6.53. The SMILES string of the molecule is C[Si]1C2=C(C=C(N(C3=CCC(C4=CCCc5ccccc54)CC3)c3cccc4oc5c(c34)CCC=C5)CC2)c2c1ccc1c2SC2C=CC=CC12. The van der Waals surface area contributed by atoms with E-state index >= 15 is 0 Å². The Morgan fingerprint density at radius 3 is 2.75 bits per heavy atom. The van der Waals surface area contributed by atoms with E-state index in [1.54, 1.807) is 32.0 Å². The lowest BCUT2D eigenvalue weighted by molar-refractivity contribution is 0.570. The lowest BCUT2D eigenvalue weighted by atomic mass is 9.78. The number of furan rings is 1. The van der Waals surface area contributed by atoms with E-state index in [-0.39, 0.29) is 0 Å². The molecule has 0 saturated heterocycles. The number of hydrogen-bond donors (Lipinski definition) is 0. The molecule has 11 rings (SSSR count). The van der Waals surface area contributed by atoms with Gasteiger partial charge in [-0.25, -0.2) is 0 Å². The monoisotopic (exact) mass is 696 g/mol. The molecular formula is C47H42NOSSi. The molecule has 51 heavy (non-hydrogen) atoms. The van der Waals surface area contributed by atoms with Crippen LogP contribution in [-0.4, -0.2) is 14.0 Å². The number of nitrogens with zero attached hydrogens (tertiary/aromatic N) is 1. The molecule has 2 nitrogen and oxygen atoms in total. The number of fused-ring (bicyclic) bond motifs is 10. The predicted octanol–water partition coefficient (Wildman–Crippen LogP) is 11.6. The second-order valence-electron chi connectivity index (χ2n) is 15.3. The average molecular weight is 697 g/mol. The fraction of sp³-hybridized carbons (Fsp3) is 0.277. The zero-order valence-electron chi connectivity index (χ0n) is 29.3. The van der Waals surface area contributed by atoms with E-state index in [1.165, 1.54) is 57.6 Å². The van der Waals surface area contributed by atoms with Crippen LogP contribution in [0.3, 0.4) is 0 Å². The van der Waals surface area contributed by atoms with Gasteiger partial charge < -0.3 is 9.32 Å². The lowest BCUT2D eigenvalue weighted by Gasteiger charge is -2.37. The van der Waals surface area contributed by atoms with Gasteiger partial charge in [0, 0.05) is 38.4 Å².